The number of hydrogen-bond donors (Lipinski definition) is 3. The molecule has 4 N–H and O–H groups in total. The molecule has 2 unspecified atom stereocenters. The number of carbonyl (C=O) groups is 2. The van der Waals surface area contributed by atoms with Gasteiger partial charge in [0.25, 0.3) is 5.91 Å². The Labute approximate surface area is 124 Å². The monoisotopic (exact) mass is 294 g/mol. The van der Waals surface area contributed by atoms with Gasteiger partial charge >= 0.3 is 5.97 Å². The van der Waals surface area contributed by atoms with Gasteiger partial charge in [0.2, 0.25) is 0 Å². The third-order valence-corrected chi connectivity index (χ3v) is 3.05. The quantitative estimate of drug-likeness (QED) is 0.668. The van der Waals surface area contributed by atoms with Gasteiger partial charge in [0.05, 0.1) is 5.56 Å². The predicted octanol–water partition coefficient (Wildman–Crippen LogP) is 2.04. The van der Waals surface area contributed by atoms with Crippen molar-refractivity contribution in [3.05, 3.63) is 23.8 Å². The SMILES string of the molecule is CCCC(C)NC(=O)C(C)Oc1ccc(N)c(C(=O)O)c1. The molecule has 0 aliphatic carbocycles. The summed E-state index contributed by atoms with van der Waals surface area (Å²) in [5.74, 6) is -1.07. The summed E-state index contributed by atoms with van der Waals surface area (Å²) in [4.78, 5) is 22.9. The summed E-state index contributed by atoms with van der Waals surface area (Å²) in [6.45, 7) is 5.59. The maximum atomic E-state index is 11.9. The van der Waals surface area contributed by atoms with Crippen molar-refractivity contribution in [2.45, 2.75) is 45.8 Å². The van der Waals surface area contributed by atoms with Crippen LogP contribution in [0.15, 0.2) is 18.2 Å². The second kappa shape index (κ2) is 7.52. The first-order valence-corrected chi connectivity index (χ1v) is 6.95. The van der Waals surface area contributed by atoms with E-state index in [4.69, 9.17) is 15.6 Å². The van der Waals surface area contributed by atoms with E-state index in [1.54, 1.807) is 13.0 Å². The average molecular weight is 294 g/mol. The summed E-state index contributed by atoms with van der Waals surface area (Å²) in [5.41, 5.74) is 5.68. The molecular weight excluding hydrogens is 272 g/mol. The number of nitrogens with one attached hydrogen (secondary N) is 1. The van der Waals surface area contributed by atoms with Crippen LogP contribution in [0.25, 0.3) is 0 Å². The predicted molar refractivity (Wildman–Crippen MR) is 80.4 cm³/mol. The summed E-state index contributed by atoms with van der Waals surface area (Å²) in [5, 5.41) is 11.8. The van der Waals surface area contributed by atoms with Crippen molar-refractivity contribution in [2.24, 2.45) is 0 Å². The highest BCUT2D eigenvalue weighted by Gasteiger charge is 2.17. The lowest BCUT2D eigenvalue weighted by Gasteiger charge is -2.18. The molecule has 0 aliphatic heterocycles. The molecule has 0 aromatic heterocycles. The highest BCUT2D eigenvalue weighted by molar-refractivity contribution is 5.94. The minimum Gasteiger partial charge on any atom is -0.481 e. The molecule has 0 aliphatic rings. The number of rotatable bonds is 7. The first-order chi connectivity index (χ1) is 9.85. The molecule has 2 atom stereocenters. The van der Waals surface area contributed by atoms with Crippen molar-refractivity contribution in [1.29, 1.82) is 0 Å². The molecule has 0 fully saturated rings. The Balaban J connectivity index is 2.70. The fourth-order valence-electron chi connectivity index (χ4n) is 1.92. The van der Waals surface area contributed by atoms with E-state index in [9.17, 15) is 9.59 Å². The number of ether oxygens (including phenoxy) is 1. The molecule has 0 saturated heterocycles. The van der Waals surface area contributed by atoms with Crippen LogP contribution in [0.5, 0.6) is 5.75 Å². The zero-order chi connectivity index (χ0) is 16.0. The van der Waals surface area contributed by atoms with Gasteiger partial charge in [0, 0.05) is 11.7 Å². The topological polar surface area (TPSA) is 102 Å². The Morgan fingerprint density at radius 3 is 2.62 bits per heavy atom. The number of amides is 1. The van der Waals surface area contributed by atoms with Crippen molar-refractivity contribution < 1.29 is 19.4 Å². The van der Waals surface area contributed by atoms with Crippen molar-refractivity contribution >= 4 is 17.6 Å². The van der Waals surface area contributed by atoms with Crippen LogP contribution in [0.2, 0.25) is 0 Å². The molecule has 0 saturated carbocycles. The lowest BCUT2D eigenvalue weighted by molar-refractivity contribution is -0.127. The number of nitrogen functional groups attached to an aromatic ring is 1. The fourth-order valence-corrected chi connectivity index (χ4v) is 1.92. The van der Waals surface area contributed by atoms with Crippen LogP contribution in [0.1, 0.15) is 44.0 Å². The Hall–Kier alpha value is -2.24. The van der Waals surface area contributed by atoms with Gasteiger partial charge in [-0.05, 0) is 38.5 Å². The lowest BCUT2D eigenvalue weighted by atomic mass is 10.1. The number of aromatic carboxylic acids is 1. The summed E-state index contributed by atoms with van der Waals surface area (Å²) in [6, 6.07) is 4.38. The van der Waals surface area contributed by atoms with Gasteiger partial charge in [-0.3, -0.25) is 4.79 Å². The van der Waals surface area contributed by atoms with Gasteiger partial charge in [0.15, 0.2) is 6.10 Å². The number of nitrogens with two attached hydrogens (primary N) is 1. The number of carbonyl (C=O) groups excluding carboxylic acids is 1. The number of hydrogen-bond acceptors (Lipinski definition) is 4. The van der Waals surface area contributed by atoms with Gasteiger partial charge < -0.3 is 20.9 Å². The average Bonchev–Trinajstić information content (AvgIpc) is 2.40. The molecule has 0 bridgehead atoms. The van der Waals surface area contributed by atoms with Gasteiger partial charge in [0.1, 0.15) is 5.75 Å². The van der Waals surface area contributed by atoms with Crippen LogP contribution in [-0.4, -0.2) is 29.1 Å². The highest BCUT2D eigenvalue weighted by atomic mass is 16.5. The Kier molecular flexibility index (Phi) is 6.02. The van der Waals surface area contributed by atoms with Crippen molar-refractivity contribution in [3.63, 3.8) is 0 Å². The fraction of sp³-hybridized carbons (Fsp3) is 0.467. The van der Waals surface area contributed by atoms with E-state index < -0.39 is 12.1 Å². The first-order valence-electron chi connectivity index (χ1n) is 6.95. The smallest absolute Gasteiger partial charge is 0.337 e. The maximum absolute atomic E-state index is 11.9. The van der Waals surface area contributed by atoms with Crippen LogP contribution in [0, 0.1) is 0 Å². The summed E-state index contributed by atoms with van der Waals surface area (Å²) >= 11 is 0. The number of carboxylic acids is 1. The zero-order valence-electron chi connectivity index (χ0n) is 12.6. The van der Waals surface area contributed by atoms with Gasteiger partial charge in [-0.25, -0.2) is 4.79 Å². The van der Waals surface area contributed by atoms with Crippen LogP contribution in [0.4, 0.5) is 5.69 Å². The standard InChI is InChI=1S/C15H22N2O4/c1-4-5-9(2)17-14(18)10(3)21-11-6-7-13(16)12(8-11)15(19)20/h6-10H,4-5,16H2,1-3H3,(H,17,18)(H,19,20). The molecule has 116 valence electrons. The molecule has 21 heavy (non-hydrogen) atoms. The molecule has 6 heteroatoms. The van der Waals surface area contributed by atoms with Gasteiger partial charge in [-0.1, -0.05) is 13.3 Å². The largest absolute Gasteiger partial charge is 0.481 e. The van der Waals surface area contributed by atoms with Crippen LogP contribution in [0.3, 0.4) is 0 Å². The molecule has 0 radical (unpaired) electrons. The van der Waals surface area contributed by atoms with E-state index in [0.717, 1.165) is 12.8 Å². The van der Waals surface area contributed by atoms with Crippen molar-refractivity contribution in [2.75, 3.05) is 5.73 Å². The Morgan fingerprint density at radius 1 is 1.38 bits per heavy atom. The zero-order valence-corrected chi connectivity index (χ0v) is 12.6. The van der Waals surface area contributed by atoms with E-state index in [0.29, 0.717) is 5.75 Å². The summed E-state index contributed by atoms with van der Waals surface area (Å²) in [7, 11) is 0. The molecule has 0 heterocycles. The Bertz CT molecular complexity index is 516. The molecule has 1 rings (SSSR count). The van der Waals surface area contributed by atoms with Crippen LogP contribution >= 0.6 is 0 Å². The normalized spacial score (nSPS) is 13.3. The van der Waals surface area contributed by atoms with Gasteiger partial charge in [-0.2, -0.15) is 0 Å². The maximum Gasteiger partial charge on any atom is 0.337 e. The summed E-state index contributed by atoms with van der Waals surface area (Å²) in [6.07, 6.45) is 1.16. The minimum absolute atomic E-state index is 0.0422. The number of anilines is 1. The second-order valence-electron chi connectivity index (χ2n) is 5.01. The van der Waals surface area contributed by atoms with E-state index >= 15 is 0 Å². The highest BCUT2D eigenvalue weighted by Crippen LogP contribution is 2.20. The Morgan fingerprint density at radius 2 is 2.05 bits per heavy atom. The first kappa shape index (κ1) is 16.8. The molecule has 1 aromatic rings. The number of benzene rings is 1. The third-order valence-electron chi connectivity index (χ3n) is 3.05. The molecule has 6 nitrogen and oxygen atoms in total. The molecule has 1 amide bonds. The van der Waals surface area contributed by atoms with Crippen molar-refractivity contribution in [1.82, 2.24) is 5.32 Å². The number of carboxylic acid groups (broad SMARTS) is 1. The van der Waals surface area contributed by atoms with E-state index in [1.807, 2.05) is 13.8 Å². The van der Waals surface area contributed by atoms with E-state index in [2.05, 4.69) is 5.32 Å². The van der Waals surface area contributed by atoms with Crippen LogP contribution in [-0.2, 0) is 4.79 Å². The molecular formula is C15H22N2O4. The minimum atomic E-state index is -1.13. The van der Waals surface area contributed by atoms with Gasteiger partial charge in [-0.15, -0.1) is 0 Å². The summed E-state index contributed by atoms with van der Waals surface area (Å²) < 4.78 is 5.47. The third kappa shape index (κ3) is 4.98. The van der Waals surface area contributed by atoms with E-state index in [-0.39, 0.29) is 23.2 Å². The van der Waals surface area contributed by atoms with Crippen LogP contribution < -0.4 is 15.8 Å². The lowest BCUT2D eigenvalue weighted by Crippen LogP contribution is -2.41. The van der Waals surface area contributed by atoms with Crippen molar-refractivity contribution in [3.8, 4) is 5.75 Å². The molecule has 0 spiro atoms. The second-order valence-corrected chi connectivity index (χ2v) is 5.01. The molecule has 1 aromatic carbocycles. The van der Waals surface area contributed by atoms with E-state index in [1.165, 1.54) is 12.1 Å².